The van der Waals surface area contributed by atoms with Crippen LogP contribution in [0.5, 0.6) is 5.75 Å². The first kappa shape index (κ1) is 30.1. The third-order valence-electron chi connectivity index (χ3n) is 7.54. The molecule has 43 heavy (non-hydrogen) atoms. The zero-order valence-electron chi connectivity index (χ0n) is 24.1. The molecule has 2 aliphatic rings. The number of hydrogen-bond acceptors (Lipinski definition) is 7. The number of piperazine rings is 1. The Balaban J connectivity index is 1.29. The highest BCUT2D eigenvalue weighted by Crippen LogP contribution is 2.31. The fourth-order valence-electron chi connectivity index (χ4n) is 5.27. The minimum Gasteiger partial charge on any atom is -0.495 e. The van der Waals surface area contributed by atoms with Crippen LogP contribution in [0.4, 0.5) is 36.3 Å². The number of benzene rings is 3. The van der Waals surface area contributed by atoms with E-state index in [2.05, 4.69) is 30.7 Å². The average molecular weight is 595 g/mol. The molecule has 10 nitrogen and oxygen atoms in total. The molecule has 0 spiro atoms. The Morgan fingerprint density at radius 1 is 0.814 bits per heavy atom. The molecule has 3 amide bonds. The quantitative estimate of drug-likeness (QED) is 0.345. The molecule has 2 saturated heterocycles. The number of halogens is 2. The van der Waals surface area contributed by atoms with Crippen LogP contribution < -0.4 is 30.5 Å². The van der Waals surface area contributed by atoms with Crippen molar-refractivity contribution in [2.75, 3.05) is 93.1 Å². The predicted molar refractivity (Wildman–Crippen MR) is 162 cm³/mol. The van der Waals surface area contributed by atoms with Crippen LogP contribution in [0.3, 0.4) is 0 Å². The van der Waals surface area contributed by atoms with E-state index in [0.29, 0.717) is 50.6 Å². The number of hydrogen-bond donors (Lipinski definition) is 3. The second kappa shape index (κ2) is 14.2. The molecule has 0 aromatic heterocycles. The van der Waals surface area contributed by atoms with E-state index in [-0.39, 0.29) is 11.6 Å². The molecule has 0 unspecified atom stereocenters. The molecule has 0 aliphatic carbocycles. The van der Waals surface area contributed by atoms with E-state index in [4.69, 9.17) is 9.47 Å². The molecular weight excluding hydrogens is 558 g/mol. The molecule has 0 saturated carbocycles. The highest BCUT2D eigenvalue weighted by atomic mass is 19.2. The van der Waals surface area contributed by atoms with Crippen LogP contribution >= 0.6 is 0 Å². The van der Waals surface area contributed by atoms with Crippen LogP contribution in [0, 0.1) is 11.6 Å². The van der Waals surface area contributed by atoms with E-state index in [1.165, 1.54) is 6.07 Å². The van der Waals surface area contributed by atoms with Crippen molar-refractivity contribution in [3.63, 3.8) is 0 Å². The van der Waals surface area contributed by atoms with Gasteiger partial charge in [-0.2, -0.15) is 0 Å². The van der Waals surface area contributed by atoms with Gasteiger partial charge in [0, 0.05) is 75.5 Å². The topological polar surface area (TPSA) is 98.4 Å². The van der Waals surface area contributed by atoms with Crippen LogP contribution in [0.2, 0.25) is 0 Å². The monoisotopic (exact) mass is 594 g/mol. The van der Waals surface area contributed by atoms with E-state index in [9.17, 15) is 18.4 Å². The lowest BCUT2D eigenvalue weighted by molar-refractivity contribution is 0.0383. The molecule has 3 aromatic rings. The van der Waals surface area contributed by atoms with Gasteiger partial charge in [-0.05, 0) is 42.5 Å². The van der Waals surface area contributed by atoms with Gasteiger partial charge in [-0.1, -0.05) is 12.1 Å². The number of urea groups is 1. The lowest BCUT2D eigenvalue weighted by atomic mass is 10.1. The Labute approximate surface area is 249 Å². The van der Waals surface area contributed by atoms with Gasteiger partial charge >= 0.3 is 6.03 Å². The van der Waals surface area contributed by atoms with Crippen molar-refractivity contribution in [2.24, 2.45) is 0 Å². The third-order valence-corrected chi connectivity index (χ3v) is 7.54. The highest BCUT2D eigenvalue weighted by molar-refractivity contribution is 6.04. The van der Waals surface area contributed by atoms with Gasteiger partial charge in [0.1, 0.15) is 5.75 Å². The second-order valence-corrected chi connectivity index (χ2v) is 10.3. The number of ether oxygens (including phenoxy) is 2. The molecule has 2 fully saturated rings. The number of carbonyl (C=O) groups excluding carboxylic acids is 2. The van der Waals surface area contributed by atoms with Crippen LogP contribution in [-0.2, 0) is 4.74 Å². The van der Waals surface area contributed by atoms with Gasteiger partial charge in [-0.25, -0.2) is 13.6 Å². The van der Waals surface area contributed by atoms with Crippen molar-refractivity contribution in [1.29, 1.82) is 0 Å². The van der Waals surface area contributed by atoms with Crippen molar-refractivity contribution < 1.29 is 27.8 Å². The normalized spacial score (nSPS) is 15.6. The summed E-state index contributed by atoms with van der Waals surface area (Å²) in [5, 5.41) is 8.20. The molecule has 2 heterocycles. The Hall–Kier alpha value is -4.42. The largest absolute Gasteiger partial charge is 0.495 e. The molecule has 0 atom stereocenters. The number of amides is 3. The second-order valence-electron chi connectivity index (χ2n) is 10.3. The minimum absolute atomic E-state index is 0.0991. The molecule has 3 N–H and O–H groups in total. The number of anilines is 4. The molecule has 2 aliphatic heterocycles. The first-order valence-electron chi connectivity index (χ1n) is 14.3. The lowest BCUT2D eigenvalue weighted by Gasteiger charge is -2.38. The molecule has 3 aromatic carbocycles. The first-order chi connectivity index (χ1) is 20.9. The van der Waals surface area contributed by atoms with E-state index >= 15 is 0 Å². The molecular formula is C31H36F2N6O4. The zero-order chi connectivity index (χ0) is 30.2. The molecule has 0 bridgehead atoms. The summed E-state index contributed by atoms with van der Waals surface area (Å²) < 4.78 is 37.8. The Morgan fingerprint density at radius 3 is 2.16 bits per heavy atom. The molecule has 5 rings (SSSR count). The van der Waals surface area contributed by atoms with Crippen molar-refractivity contribution in [1.82, 2.24) is 10.2 Å². The Kier molecular flexibility index (Phi) is 9.90. The van der Waals surface area contributed by atoms with E-state index < -0.39 is 17.7 Å². The number of para-hydroxylation sites is 2. The maximum absolute atomic E-state index is 13.6. The summed E-state index contributed by atoms with van der Waals surface area (Å²) >= 11 is 0. The Morgan fingerprint density at radius 2 is 1.47 bits per heavy atom. The fourth-order valence-corrected chi connectivity index (χ4v) is 5.27. The van der Waals surface area contributed by atoms with Gasteiger partial charge in [-0.15, -0.1) is 0 Å². The van der Waals surface area contributed by atoms with Gasteiger partial charge in [0.2, 0.25) is 0 Å². The van der Waals surface area contributed by atoms with Gasteiger partial charge in [0.05, 0.1) is 31.6 Å². The number of methoxy groups -OCH3 is 1. The lowest BCUT2D eigenvalue weighted by Crippen LogP contribution is -2.47. The maximum Gasteiger partial charge on any atom is 0.323 e. The summed E-state index contributed by atoms with van der Waals surface area (Å²) in [5.41, 5.74) is 2.70. The molecule has 12 heteroatoms. The maximum atomic E-state index is 13.6. The smallest absolute Gasteiger partial charge is 0.323 e. The number of nitrogens with one attached hydrogen (secondary N) is 3. The van der Waals surface area contributed by atoms with E-state index in [1.54, 1.807) is 19.2 Å². The minimum atomic E-state index is -1.07. The third kappa shape index (κ3) is 7.70. The summed E-state index contributed by atoms with van der Waals surface area (Å²) in [5.74, 6) is -1.51. The summed E-state index contributed by atoms with van der Waals surface area (Å²) in [7, 11) is 1.66. The first-order valence-corrected chi connectivity index (χ1v) is 14.3. The van der Waals surface area contributed by atoms with Crippen LogP contribution in [0.15, 0.2) is 60.7 Å². The van der Waals surface area contributed by atoms with Gasteiger partial charge in [-0.3, -0.25) is 9.69 Å². The van der Waals surface area contributed by atoms with Gasteiger partial charge in [0.25, 0.3) is 5.91 Å². The summed E-state index contributed by atoms with van der Waals surface area (Å²) in [6, 6.07) is 15.5. The average Bonchev–Trinajstić information content (AvgIpc) is 3.03. The number of nitrogens with zero attached hydrogens (tertiary/aromatic N) is 3. The number of rotatable bonds is 9. The summed E-state index contributed by atoms with van der Waals surface area (Å²) in [4.78, 5) is 32.8. The van der Waals surface area contributed by atoms with Crippen molar-refractivity contribution in [2.45, 2.75) is 0 Å². The van der Waals surface area contributed by atoms with Crippen molar-refractivity contribution in [3.8, 4) is 5.75 Å². The highest BCUT2D eigenvalue weighted by Gasteiger charge is 2.24. The zero-order valence-corrected chi connectivity index (χ0v) is 24.1. The van der Waals surface area contributed by atoms with Crippen molar-refractivity contribution in [3.05, 3.63) is 77.9 Å². The number of morpholine rings is 1. The van der Waals surface area contributed by atoms with Crippen LogP contribution in [-0.4, -0.2) is 89.5 Å². The predicted octanol–water partition coefficient (Wildman–Crippen LogP) is 4.01. The van der Waals surface area contributed by atoms with Crippen molar-refractivity contribution >= 4 is 34.7 Å². The SMILES string of the molecule is COc1ccccc1N1CCN(c2ccc(NC(=O)Nc3ccc(F)c(F)c3)cc2C(=O)NCCN2CCOCC2)CC1. The molecule has 228 valence electrons. The summed E-state index contributed by atoms with van der Waals surface area (Å²) in [6.07, 6.45) is 0. The molecule has 0 radical (unpaired) electrons. The van der Waals surface area contributed by atoms with Gasteiger partial charge in [0.15, 0.2) is 11.6 Å². The fraction of sp³-hybridized carbons (Fsp3) is 0.355. The standard InChI is InChI=1S/C31H36F2N6O4/c1-42-29-5-3-2-4-28(29)39-14-12-38(13-15-39)27-9-7-22(35-31(41)36-23-6-8-25(32)26(33)21-23)20-24(27)30(40)34-10-11-37-16-18-43-19-17-37/h2-9,20-21H,10-19H2,1H3,(H,34,40)(H2,35,36,41). The van der Waals surface area contributed by atoms with Gasteiger partial charge < -0.3 is 35.2 Å². The van der Waals surface area contributed by atoms with Crippen LogP contribution in [0.25, 0.3) is 0 Å². The number of carbonyl (C=O) groups is 2. The summed E-state index contributed by atoms with van der Waals surface area (Å²) in [6.45, 7) is 6.99. The Bertz CT molecular complexity index is 1430. The van der Waals surface area contributed by atoms with Crippen LogP contribution in [0.1, 0.15) is 10.4 Å². The van der Waals surface area contributed by atoms with E-state index in [1.807, 2.05) is 30.3 Å². The van der Waals surface area contributed by atoms with E-state index in [0.717, 1.165) is 55.4 Å².